The highest BCUT2D eigenvalue weighted by atomic mass is 32.2. The maximum absolute atomic E-state index is 12.5. The molecule has 0 unspecified atom stereocenters. The van der Waals surface area contributed by atoms with E-state index >= 15 is 0 Å². The molecule has 1 aromatic carbocycles. The monoisotopic (exact) mass is 309 g/mol. The summed E-state index contributed by atoms with van der Waals surface area (Å²) in [5.74, 6) is -2.50. The summed E-state index contributed by atoms with van der Waals surface area (Å²) in [6.45, 7) is 3.44. The molecule has 0 bridgehead atoms. The number of aldehydes is 2. The van der Waals surface area contributed by atoms with Gasteiger partial charge in [-0.15, -0.1) is 0 Å². The zero-order chi connectivity index (χ0) is 15.6. The normalized spacial score (nSPS) is 10.9. The molecule has 2 rings (SSSR count). The molecule has 21 heavy (non-hydrogen) atoms. The van der Waals surface area contributed by atoms with Gasteiger partial charge in [-0.2, -0.15) is 8.78 Å². The minimum Gasteiger partial charge on any atom is -0.317 e. The highest BCUT2D eigenvalue weighted by Gasteiger charge is 2.18. The third-order valence-electron chi connectivity index (χ3n) is 3.28. The van der Waals surface area contributed by atoms with Crippen molar-refractivity contribution in [2.75, 3.05) is 0 Å². The number of halogens is 2. The van der Waals surface area contributed by atoms with E-state index in [0.717, 1.165) is 0 Å². The van der Waals surface area contributed by atoms with Gasteiger partial charge in [0.25, 0.3) is 5.76 Å². The molecule has 0 spiro atoms. The van der Waals surface area contributed by atoms with Crippen molar-refractivity contribution in [2.24, 2.45) is 0 Å². The van der Waals surface area contributed by atoms with Gasteiger partial charge in [0.1, 0.15) is 0 Å². The van der Waals surface area contributed by atoms with E-state index in [0.29, 0.717) is 57.4 Å². The summed E-state index contributed by atoms with van der Waals surface area (Å²) in [7, 11) is 0. The second-order valence-electron chi connectivity index (χ2n) is 4.45. The molecule has 0 aliphatic carbocycles. The van der Waals surface area contributed by atoms with Crippen LogP contribution in [0.25, 0.3) is 5.69 Å². The Labute approximate surface area is 125 Å². The van der Waals surface area contributed by atoms with Crippen molar-refractivity contribution in [2.45, 2.75) is 24.5 Å². The zero-order valence-corrected chi connectivity index (χ0v) is 12.3. The van der Waals surface area contributed by atoms with Gasteiger partial charge in [0, 0.05) is 33.1 Å². The van der Waals surface area contributed by atoms with Crippen molar-refractivity contribution in [3.8, 4) is 5.69 Å². The van der Waals surface area contributed by atoms with Crippen LogP contribution in [-0.4, -0.2) is 22.9 Å². The van der Waals surface area contributed by atoms with Crippen molar-refractivity contribution < 1.29 is 18.4 Å². The molecule has 1 aromatic heterocycles. The smallest absolute Gasteiger partial charge is 0.288 e. The van der Waals surface area contributed by atoms with Gasteiger partial charge in [-0.3, -0.25) is 9.59 Å². The second-order valence-corrected chi connectivity index (χ2v) is 5.51. The first kappa shape index (κ1) is 15.4. The Morgan fingerprint density at radius 3 is 2.14 bits per heavy atom. The molecular weight excluding hydrogens is 296 g/mol. The van der Waals surface area contributed by atoms with Gasteiger partial charge in [0.15, 0.2) is 12.6 Å². The van der Waals surface area contributed by atoms with Gasteiger partial charge < -0.3 is 4.57 Å². The standard InChI is InChI=1S/C15H13F2NO2S/c1-9-13(7-19)14(8-20)10(2)18(9)11-4-3-5-12(6-11)21-15(16)17/h3-8,15H,1-2H3. The molecule has 0 saturated heterocycles. The summed E-state index contributed by atoms with van der Waals surface area (Å²) in [4.78, 5) is 22.7. The number of rotatable bonds is 5. The van der Waals surface area contributed by atoms with Crippen molar-refractivity contribution in [3.05, 3.63) is 46.8 Å². The summed E-state index contributed by atoms with van der Waals surface area (Å²) in [5.41, 5.74) is 2.53. The lowest BCUT2D eigenvalue weighted by Gasteiger charge is -2.11. The lowest BCUT2D eigenvalue weighted by atomic mass is 10.1. The highest BCUT2D eigenvalue weighted by molar-refractivity contribution is 7.99. The molecule has 0 atom stereocenters. The minimum atomic E-state index is -2.50. The Hall–Kier alpha value is -1.95. The van der Waals surface area contributed by atoms with Crippen LogP contribution in [0.2, 0.25) is 0 Å². The van der Waals surface area contributed by atoms with Crippen molar-refractivity contribution in [1.29, 1.82) is 0 Å². The van der Waals surface area contributed by atoms with Crippen LogP contribution < -0.4 is 0 Å². The number of aromatic nitrogens is 1. The maximum atomic E-state index is 12.5. The summed E-state index contributed by atoms with van der Waals surface area (Å²) < 4.78 is 26.6. The van der Waals surface area contributed by atoms with E-state index in [9.17, 15) is 18.4 Å². The summed E-state index contributed by atoms with van der Waals surface area (Å²) in [6.07, 6.45) is 1.28. The Morgan fingerprint density at radius 1 is 1.10 bits per heavy atom. The van der Waals surface area contributed by atoms with Gasteiger partial charge in [-0.25, -0.2) is 0 Å². The Balaban J connectivity index is 2.59. The molecule has 6 heteroatoms. The van der Waals surface area contributed by atoms with E-state index in [2.05, 4.69) is 0 Å². The number of hydrogen-bond acceptors (Lipinski definition) is 3. The van der Waals surface area contributed by atoms with Crippen LogP contribution in [0.5, 0.6) is 0 Å². The van der Waals surface area contributed by atoms with Crippen LogP contribution in [0.4, 0.5) is 8.78 Å². The summed E-state index contributed by atoms with van der Waals surface area (Å²) >= 11 is 0.456. The van der Waals surface area contributed by atoms with E-state index in [1.165, 1.54) is 0 Å². The quantitative estimate of drug-likeness (QED) is 0.618. The summed E-state index contributed by atoms with van der Waals surface area (Å²) in [5, 5.41) is 0. The fourth-order valence-corrected chi connectivity index (χ4v) is 2.92. The number of nitrogens with zero attached hydrogens (tertiary/aromatic N) is 1. The Morgan fingerprint density at radius 2 is 1.67 bits per heavy atom. The van der Waals surface area contributed by atoms with Gasteiger partial charge in [0.05, 0.1) is 0 Å². The predicted octanol–water partition coefficient (Wildman–Crippen LogP) is 4.03. The average molecular weight is 309 g/mol. The van der Waals surface area contributed by atoms with E-state index < -0.39 is 5.76 Å². The van der Waals surface area contributed by atoms with Gasteiger partial charge in [0.2, 0.25) is 0 Å². The molecule has 0 fully saturated rings. The van der Waals surface area contributed by atoms with E-state index in [-0.39, 0.29) is 0 Å². The van der Waals surface area contributed by atoms with E-state index in [1.807, 2.05) is 0 Å². The van der Waals surface area contributed by atoms with Crippen molar-refractivity contribution in [1.82, 2.24) is 4.57 Å². The molecule has 0 radical (unpaired) electrons. The molecule has 0 N–H and O–H groups in total. The van der Waals surface area contributed by atoms with E-state index in [4.69, 9.17) is 0 Å². The molecule has 0 aliphatic heterocycles. The SMILES string of the molecule is Cc1c(C=O)c(C=O)c(C)n1-c1cccc(SC(F)F)c1. The highest BCUT2D eigenvalue weighted by Crippen LogP contribution is 2.29. The molecular formula is C15H13F2NO2S. The van der Waals surface area contributed by atoms with Crippen LogP contribution in [0.3, 0.4) is 0 Å². The largest absolute Gasteiger partial charge is 0.317 e. The topological polar surface area (TPSA) is 39.1 Å². The molecule has 0 saturated carbocycles. The Bertz CT molecular complexity index is 664. The zero-order valence-electron chi connectivity index (χ0n) is 11.5. The second kappa shape index (κ2) is 6.22. The fourth-order valence-electron chi connectivity index (χ4n) is 2.37. The number of thioether (sulfide) groups is 1. The number of carbonyl (C=O) groups is 2. The Kier molecular flexibility index (Phi) is 4.57. The number of benzene rings is 1. The first-order chi connectivity index (χ1) is 9.99. The van der Waals surface area contributed by atoms with Gasteiger partial charge in [-0.1, -0.05) is 17.8 Å². The number of hydrogen-bond donors (Lipinski definition) is 0. The average Bonchev–Trinajstić information content (AvgIpc) is 2.68. The summed E-state index contributed by atoms with van der Waals surface area (Å²) in [6, 6.07) is 6.62. The maximum Gasteiger partial charge on any atom is 0.288 e. The lowest BCUT2D eigenvalue weighted by molar-refractivity contribution is 0.109. The molecule has 0 aliphatic rings. The molecule has 110 valence electrons. The molecule has 0 amide bonds. The first-order valence-electron chi connectivity index (χ1n) is 6.17. The van der Waals surface area contributed by atoms with E-state index in [1.54, 1.807) is 42.7 Å². The van der Waals surface area contributed by atoms with Crippen molar-refractivity contribution >= 4 is 24.3 Å². The fraction of sp³-hybridized carbons (Fsp3) is 0.200. The van der Waals surface area contributed by atoms with Gasteiger partial charge in [-0.05, 0) is 32.0 Å². The minimum absolute atomic E-state index is 0.328. The third-order valence-corrected chi connectivity index (χ3v) is 3.98. The van der Waals surface area contributed by atoms with Crippen LogP contribution >= 0.6 is 11.8 Å². The molecule has 3 nitrogen and oxygen atoms in total. The lowest BCUT2D eigenvalue weighted by Crippen LogP contribution is -2.00. The molecule has 2 aromatic rings. The first-order valence-corrected chi connectivity index (χ1v) is 7.05. The van der Waals surface area contributed by atoms with Crippen LogP contribution in [0.15, 0.2) is 29.2 Å². The number of alkyl halides is 2. The predicted molar refractivity (Wildman–Crippen MR) is 77.9 cm³/mol. The van der Waals surface area contributed by atoms with Crippen LogP contribution in [0.1, 0.15) is 32.1 Å². The molecule has 1 heterocycles. The van der Waals surface area contributed by atoms with Crippen LogP contribution in [-0.2, 0) is 0 Å². The third kappa shape index (κ3) is 2.90. The van der Waals surface area contributed by atoms with Gasteiger partial charge >= 0.3 is 0 Å². The van der Waals surface area contributed by atoms with Crippen molar-refractivity contribution in [3.63, 3.8) is 0 Å². The number of carbonyl (C=O) groups excluding carboxylic acids is 2. The van der Waals surface area contributed by atoms with Crippen LogP contribution in [0, 0.1) is 13.8 Å².